The second-order valence-corrected chi connectivity index (χ2v) is 8.62. The number of hydrogen-bond donors (Lipinski definition) is 2. The van der Waals surface area contributed by atoms with Crippen molar-refractivity contribution in [2.75, 3.05) is 26.3 Å². The molecule has 0 aliphatic rings. The van der Waals surface area contributed by atoms with E-state index in [1.807, 2.05) is 0 Å². The molecule has 0 spiro atoms. The highest BCUT2D eigenvalue weighted by Crippen LogP contribution is 2.14. The van der Waals surface area contributed by atoms with Crippen LogP contribution in [-0.2, 0) is 0 Å². The van der Waals surface area contributed by atoms with Crippen molar-refractivity contribution < 1.29 is 19.1 Å². The van der Waals surface area contributed by atoms with Crippen LogP contribution in [0.3, 0.4) is 0 Å². The van der Waals surface area contributed by atoms with Crippen LogP contribution in [0.4, 0.5) is 0 Å². The minimum atomic E-state index is -0.184. The summed E-state index contributed by atoms with van der Waals surface area (Å²) in [5, 5.41) is 5.62. The van der Waals surface area contributed by atoms with Gasteiger partial charge in [-0.3, -0.25) is 9.59 Å². The van der Waals surface area contributed by atoms with E-state index in [4.69, 9.17) is 9.47 Å². The molecule has 0 unspecified atom stereocenters. The molecule has 0 aliphatic heterocycles. The fourth-order valence-corrected chi connectivity index (χ4v) is 2.79. The van der Waals surface area contributed by atoms with Gasteiger partial charge in [-0.25, -0.2) is 0 Å². The van der Waals surface area contributed by atoms with Gasteiger partial charge in [-0.15, -0.1) is 0 Å². The van der Waals surface area contributed by atoms with Gasteiger partial charge in [0.15, 0.2) is 0 Å². The third-order valence-electron chi connectivity index (χ3n) is 4.86. The first-order valence-electron chi connectivity index (χ1n) is 11.4. The normalized spacial score (nSPS) is 10.8. The maximum atomic E-state index is 12.3. The summed E-state index contributed by atoms with van der Waals surface area (Å²) >= 11 is 0. The van der Waals surface area contributed by atoms with Crippen molar-refractivity contribution in [1.82, 2.24) is 10.6 Å². The summed E-state index contributed by atoms with van der Waals surface area (Å²) in [6.07, 6.45) is 1.98. The number of carbonyl (C=O) groups is 2. The van der Waals surface area contributed by atoms with E-state index in [0.29, 0.717) is 49.3 Å². The number of hydrogen-bond acceptors (Lipinski definition) is 4. The van der Waals surface area contributed by atoms with Crippen molar-refractivity contribution in [3.63, 3.8) is 0 Å². The van der Waals surface area contributed by atoms with Gasteiger partial charge in [-0.05, 0) is 73.2 Å². The Kier molecular flexibility index (Phi) is 10.6. The van der Waals surface area contributed by atoms with Gasteiger partial charge in [-0.2, -0.15) is 0 Å². The van der Waals surface area contributed by atoms with Gasteiger partial charge in [0.2, 0.25) is 0 Å². The lowest BCUT2D eigenvalue weighted by Crippen LogP contribution is -2.34. The zero-order chi connectivity index (χ0) is 23.3. The van der Waals surface area contributed by atoms with Crippen LogP contribution < -0.4 is 20.1 Å². The first-order valence-corrected chi connectivity index (χ1v) is 11.4. The molecule has 2 N–H and O–H groups in total. The molecule has 6 nitrogen and oxygen atoms in total. The zero-order valence-electron chi connectivity index (χ0n) is 19.6. The second-order valence-electron chi connectivity index (χ2n) is 8.62. The van der Waals surface area contributed by atoms with Crippen molar-refractivity contribution in [1.29, 1.82) is 0 Å². The molecular weight excluding hydrogens is 404 g/mol. The fraction of sp³-hybridized carbons (Fsp3) is 0.462. The average molecular weight is 441 g/mol. The van der Waals surface area contributed by atoms with E-state index in [1.54, 1.807) is 48.5 Å². The van der Waals surface area contributed by atoms with Crippen molar-refractivity contribution >= 4 is 11.8 Å². The Morgan fingerprint density at radius 1 is 0.656 bits per heavy atom. The minimum Gasteiger partial charge on any atom is -0.494 e. The van der Waals surface area contributed by atoms with E-state index in [1.165, 1.54) is 0 Å². The largest absolute Gasteiger partial charge is 0.494 e. The molecule has 0 saturated carbocycles. The van der Waals surface area contributed by atoms with Crippen LogP contribution in [0.25, 0.3) is 0 Å². The van der Waals surface area contributed by atoms with E-state index in [2.05, 4.69) is 38.3 Å². The van der Waals surface area contributed by atoms with Crippen molar-refractivity contribution in [2.24, 2.45) is 11.8 Å². The number of benzene rings is 2. The van der Waals surface area contributed by atoms with Gasteiger partial charge < -0.3 is 20.1 Å². The molecule has 174 valence electrons. The first kappa shape index (κ1) is 25.2. The predicted octanol–water partition coefficient (Wildman–Crippen LogP) is 4.70. The smallest absolute Gasteiger partial charge is 0.251 e. The molecule has 0 saturated heterocycles. The van der Waals surface area contributed by atoms with Crippen LogP contribution in [0, 0.1) is 11.8 Å². The van der Waals surface area contributed by atoms with Gasteiger partial charge >= 0.3 is 0 Å². The predicted molar refractivity (Wildman–Crippen MR) is 127 cm³/mol. The Balaban J connectivity index is 1.68. The highest BCUT2D eigenvalue weighted by molar-refractivity contribution is 5.95. The van der Waals surface area contributed by atoms with Crippen LogP contribution >= 0.6 is 0 Å². The molecule has 0 radical (unpaired) electrons. The lowest BCUT2D eigenvalue weighted by atomic mass is 10.1. The monoisotopic (exact) mass is 440 g/mol. The summed E-state index contributed by atoms with van der Waals surface area (Å²) in [7, 11) is 0. The molecule has 0 aliphatic carbocycles. The molecule has 0 bridgehead atoms. The van der Waals surface area contributed by atoms with Crippen molar-refractivity contribution in [3.8, 4) is 11.5 Å². The Bertz CT molecular complexity index is 758. The molecule has 2 aromatic carbocycles. The molecule has 2 amide bonds. The number of nitrogens with one attached hydrogen (secondary N) is 2. The first-order chi connectivity index (χ1) is 15.3. The van der Waals surface area contributed by atoms with Crippen molar-refractivity contribution in [3.05, 3.63) is 59.7 Å². The zero-order valence-corrected chi connectivity index (χ0v) is 19.6. The average Bonchev–Trinajstić information content (AvgIpc) is 2.77. The lowest BCUT2D eigenvalue weighted by molar-refractivity contribution is 0.0927. The van der Waals surface area contributed by atoms with E-state index < -0.39 is 0 Å². The summed E-state index contributed by atoms with van der Waals surface area (Å²) in [5.74, 6) is 2.32. The van der Waals surface area contributed by atoms with Gasteiger partial charge in [0.1, 0.15) is 11.5 Å². The van der Waals surface area contributed by atoms with Crippen LogP contribution in [-0.4, -0.2) is 38.1 Å². The minimum absolute atomic E-state index is 0.184. The van der Waals surface area contributed by atoms with Crippen LogP contribution in [0.5, 0.6) is 11.5 Å². The highest BCUT2D eigenvalue weighted by atomic mass is 16.5. The molecule has 32 heavy (non-hydrogen) atoms. The summed E-state index contributed by atoms with van der Waals surface area (Å²) in [4.78, 5) is 24.5. The van der Waals surface area contributed by atoms with E-state index in [0.717, 1.165) is 24.3 Å². The molecule has 0 fully saturated rings. The SMILES string of the molecule is CC(C)CCOc1ccc(C(=O)NCCNC(=O)c2ccc(OCCC(C)C)cc2)cc1. The van der Waals surface area contributed by atoms with Crippen LogP contribution in [0.1, 0.15) is 61.3 Å². The number of carbonyl (C=O) groups excluding carboxylic acids is 2. The van der Waals surface area contributed by atoms with Crippen LogP contribution in [0.15, 0.2) is 48.5 Å². The molecule has 0 heterocycles. The summed E-state index contributed by atoms with van der Waals surface area (Å²) in [6, 6.07) is 14.2. The third-order valence-corrected chi connectivity index (χ3v) is 4.86. The summed E-state index contributed by atoms with van der Waals surface area (Å²) in [6.45, 7) is 10.6. The van der Waals surface area contributed by atoms with Gasteiger partial charge in [-0.1, -0.05) is 27.7 Å². The van der Waals surface area contributed by atoms with E-state index >= 15 is 0 Å². The quantitative estimate of drug-likeness (QED) is 0.443. The molecule has 2 aromatic rings. The Labute approximate surface area is 191 Å². The maximum Gasteiger partial charge on any atom is 0.251 e. The lowest BCUT2D eigenvalue weighted by Gasteiger charge is -2.10. The Hall–Kier alpha value is -3.02. The highest BCUT2D eigenvalue weighted by Gasteiger charge is 2.08. The standard InChI is InChI=1S/C26H36N2O4/c1-19(2)13-17-31-23-9-5-21(6-10-23)25(29)27-15-16-28-26(30)22-7-11-24(12-8-22)32-18-14-20(3)4/h5-12,19-20H,13-18H2,1-4H3,(H,27,29)(H,28,30). The van der Waals surface area contributed by atoms with Gasteiger partial charge in [0.05, 0.1) is 13.2 Å². The van der Waals surface area contributed by atoms with Gasteiger partial charge in [0.25, 0.3) is 11.8 Å². The van der Waals surface area contributed by atoms with Crippen molar-refractivity contribution in [2.45, 2.75) is 40.5 Å². The molecule has 6 heteroatoms. The second kappa shape index (κ2) is 13.4. The summed E-state index contributed by atoms with van der Waals surface area (Å²) in [5.41, 5.74) is 1.11. The topological polar surface area (TPSA) is 76.7 Å². The van der Waals surface area contributed by atoms with E-state index in [9.17, 15) is 9.59 Å². The molecule has 2 rings (SSSR count). The van der Waals surface area contributed by atoms with Gasteiger partial charge in [0, 0.05) is 24.2 Å². The molecular formula is C26H36N2O4. The third kappa shape index (κ3) is 9.41. The fourth-order valence-electron chi connectivity index (χ4n) is 2.79. The number of amides is 2. The maximum absolute atomic E-state index is 12.3. The van der Waals surface area contributed by atoms with Crippen LogP contribution in [0.2, 0.25) is 0 Å². The number of rotatable bonds is 13. The summed E-state index contributed by atoms with van der Waals surface area (Å²) < 4.78 is 11.3. The Morgan fingerprint density at radius 2 is 1.00 bits per heavy atom. The Morgan fingerprint density at radius 3 is 1.31 bits per heavy atom. The number of ether oxygens (including phenoxy) is 2. The molecule has 0 aromatic heterocycles. The molecule has 0 atom stereocenters. The van der Waals surface area contributed by atoms with E-state index in [-0.39, 0.29) is 11.8 Å².